The van der Waals surface area contributed by atoms with Gasteiger partial charge in [0.1, 0.15) is 0 Å². The molecule has 0 amide bonds. The summed E-state index contributed by atoms with van der Waals surface area (Å²) in [5.74, 6) is -0.989. The summed E-state index contributed by atoms with van der Waals surface area (Å²) in [5, 5.41) is 1.03. The van der Waals surface area contributed by atoms with Crippen molar-refractivity contribution in [3.8, 4) is 11.3 Å². The maximum Gasteiger partial charge on any atom is 0.497 e. The lowest BCUT2D eigenvalue weighted by molar-refractivity contribution is -0.0435. The number of halogens is 3. The van der Waals surface area contributed by atoms with E-state index in [9.17, 15) is 21.6 Å². The molecule has 0 saturated carbocycles. The number of sulfone groups is 1. The summed E-state index contributed by atoms with van der Waals surface area (Å²) in [7, 11) is -3.25. The van der Waals surface area contributed by atoms with E-state index >= 15 is 0 Å². The number of rotatable bonds is 4. The predicted molar refractivity (Wildman–Crippen MR) is 89.7 cm³/mol. The Labute approximate surface area is 142 Å². The smallest absolute Gasteiger partial charge is 0.344 e. The van der Waals surface area contributed by atoms with E-state index in [1.165, 1.54) is 6.20 Å². The van der Waals surface area contributed by atoms with E-state index in [0.29, 0.717) is 5.56 Å². The zero-order valence-electron chi connectivity index (χ0n) is 13.3. The zero-order chi connectivity index (χ0) is 18.2. The van der Waals surface area contributed by atoms with Gasteiger partial charge in [0, 0.05) is 35.9 Å². The number of hydrogen-bond donors (Lipinski definition) is 0. The van der Waals surface area contributed by atoms with E-state index in [4.69, 9.17) is 0 Å². The monoisotopic (exact) mass is 368 g/mol. The molecular formula is C17H15F3N2O2S. The Morgan fingerprint density at radius 1 is 1.12 bits per heavy atom. The number of nitrogens with zero attached hydrogens (tertiary/aromatic N) is 2. The van der Waals surface area contributed by atoms with Gasteiger partial charge in [-0.2, -0.15) is 13.2 Å². The molecule has 0 bridgehead atoms. The van der Waals surface area contributed by atoms with Crippen LogP contribution in [0.3, 0.4) is 0 Å². The molecule has 132 valence electrons. The molecule has 0 saturated heterocycles. The van der Waals surface area contributed by atoms with Crippen molar-refractivity contribution in [3.63, 3.8) is 0 Å². The highest BCUT2D eigenvalue weighted by atomic mass is 32.2. The minimum absolute atomic E-state index is 0.243. The van der Waals surface area contributed by atoms with Crippen LogP contribution in [0.2, 0.25) is 0 Å². The highest BCUT2D eigenvalue weighted by Gasteiger charge is 2.44. The second kappa shape index (κ2) is 6.18. The number of alkyl halides is 3. The Morgan fingerprint density at radius 3 is 2.52 bits per heavy atom. The van der Waals surface area contributed by atoms with Crippen LogP contribution < -0.4 is 0 Å². The topological polar surface area (TPSA) is 52.0 Å². The molecule has 0 N–H and O–H groups in total. The second-order valence-corrected chi connectivity index (χ2v) is 7.84. The summed E-state index contributed by atoms with van der Waals surface area (Å²) >= 11 is 0. The summed E-state index contributed by atoms with van der Waals surface area (Å²) < 4.78 is 61.7. The van der Waals surface area contributed by atoms with Crippen LogP contribution in [-0.4, -0.2) is 29.2 Å². The number of fused-ring (bicyclic) bond motifs is 1. The van der Waals surface area contributed by atoms with Crippen molar-refractivity contribution in [1.29, 1.82) is 0 Å². The van der Waals surface area contributed by atoms with E-state index in [2.05, 4.69) is 4.98 Å². The number of aryl methyl sites for hydroxylation is 2. The first-order valence-corrected chi connectivity index (χ1v) is 9.12. The Kier molecular flexibility index (Phi) is 4.32. The van der Waals surface area contributed by atoms with Gasteiger partial charge in [-0.1, -0.05) is 18.2 Å². The fourth-order valence-electron chi connectivity index (χ4n) is 2.70. The van der Waals surface area contributed by atoms with Crippen molar-refractivity contribution in [3.05, 3.63) is 54.4 Å². The van der Waals surface area contributed by atoms with Gasteiger partial charge >= 0.3 is 5.51 Å². The molecule has 0 unspecified atom stereocenters. The quantitative estimate of drug-likeness (QED) is 0.705. The normalized spacial score (nSPS) is 12.6. The molecule has 2 aromatic heterocycles. The molecule has 8 heteroatoms. The maximum atomic E-state index is 12.4. The fraction of sp³-hybridized carbons (Fsp3) is 0.235. The molecule has 25 heavy (non-hydrogen) atoms. The highest BCUT2D eigenvalue weighted by molar-refractivity contribution is 7.92. The third-order valence-corrected chi connectivity index (χ3v) is 5.50. The first-order valence-electron chi connectivity index (χ1n) is 7.47. The van der Waals surface area contributed by atoms with Crippen molar-refractivity contribution in [1.82, 2.24) is 9.55 Å². The van der Waals surface area contributed by atoms with Gasteiger partial charge in [-0.25, -0.2) is 8.42 Å². The van der Waals surface area contributed by atoms with Gasteiger partial charge in [0.2, 0.25) is 9.84 Å². The average Bonchev–Trinajstić information content (AvgIpc) is 2.90. The van der Waals surface area contributed by atoms with Crippen LogP contribution in [0.1, 0.15) is 5.56 Å². The van der Waals surface area contributed by atoms with Crippen molar-refractivity contribution < 1.29 is 21.6 Å². The SMILES string of the molecule is Cn1c(-c2cncc(CCS(=O)(=O)C(F)(F)F)c2)cc2ccccc21. The second-order valence-electron chi connectivity index (χ2n) is 5.74. The molecule has 4 nitrogen and oxygen atoms in total. The minimum atomic E-state index is -5.23. The van der Waals surface area contributed by atoms with Crippen LogP contribution >= 0.6 is 0 Å². The van der Waals surface area contributed by atoms with Crippen molar-refractivity contribution in [2.24, 2.45) is 7.05 Å². The summed E-state index contributed by atoms with van der Waals surface area (Å²) in [6.45, 7) is 0. The predicted octanol–water partition coefficient (Wildman–Crippen LogP) is 3.72. The van der Waals surface area contributed by atoms with Crippen molar-refractivity contribution in [2.45, 2.75) is 11.9 Å². The molecule has 0 spiro atoms. The molecule has 3 aromatic rings. The summed E-state index contributed by atoms with van der Waals surface area (Å²) in [4.78, 5) is 4.05. The Bertz CT molecular complexity index is 1020. The van der Waals surface area contributed by atoms with Crippen LogP contribution in [-0.2, 0) is 23.3 Å². The zero-order valence-corrected chi connectivity index (χ0v) is 14.1. The van der Waals surface area contributed by atoms with Gasteiger partial charge in [-0.3, -0.25) is 4.98 Å². The molecular weight excluding hydrogens is 353 g/mol. The van der Waals surface area contributed by atoms with Gasteiger partial charge in [0.15, 0.2) is 0 Å². The van der Waals surface area contributed by atoms with E-state index in [-0.39, 0.29) is 6.42 Å². The Hall–Kier alpha value is -2.35. The third-order valence-electron chi connectivity index (χ3n) is 4.05. The van der Waals surface area contributed by atoms with Gasteiger partial charge < -0.3 is 4.57 Å². The molecule has 0 radical (unpaired) electrons. The standard InChI is InChI=1S/C17H15F3N2O2S/c1-22-15-5-3-2-4-13(15)9-16(22)14-8-12(10-21-11-14)6-7-25(23,24)17(18,19)20/h2-5,8-11H,6-7H2,1H3. The molecule has 0 aliphatic rings. The van der Waals surface area contributed by atoms with Crippen LogP contribution in [0, 0.1) is 0 Å². The van der Waals surface area contributed by atoms with Crippen LogP contribution in [0.5, 0.6) is 0 Å². The lowest BCUT2D eigenvalue weighted by atomic mass is 10.1. The number of benzene rings is 1. The molecule has 3 rings (SSSR count). The first-order chi connectivity index (χ1) is 11.7. The van der Waals surface area contributed by atoms with E-state index in [1.54, 1.807) is 12.3 Å². The molecule has 0 fully saturated rings. The number of para-hydroxylation sites is 1. The minimum Gasteiger partial charge on any atom is -0.344 e. The largest absolute Gasteiger partial charge is 0.497 e. The average molecular weight is 368 g/mol. The maximum absolute atomic E-state index is 12.4. The molecule has 0 aliphatic heterocycles. The number of hydrogen-bond acceptors (Lipinski definition) is 3. The van der Waals surface area contributed by atoms with Gasteiger partial charge in [-0.05, 0) is 30.2 Å². The van der Waals surface area contributed by atoms with Gasteiger partial charge in [-0.15, -0.1) is 0 Å². The summed E-state index contributed by atoms with van der Waals surface area (Å²) in [6.07, 6.45) is 2.75. The lowest BCUT2D eigenvalue weighted by Gasteiger charge is -2.09. The molecule has 2 heterocycles. The highest BCUT2D eigenvalue weighted by Crippen LogP contribution is 2.28. The lowest BCUT2D eigenvalue weighted by Crippen LogP contribution is -2.27. The van der Waals surface area contributed by atoms with Crippen LogP contribution in [0.25, 0.3) is 22.2 Å². The number of pyridine rings is 1. The van der Waals surface area contributed by atoms with E-state index in [1.807, 2.05) is 41.9 Å². The Balaban J connectivity index is 1.90. The summed E-state index contributed by atoms with van der Waals surface area (Å²) in [5.41, 5.74) is -2.19. The van der Waals surface area contributed by atoms with Crippen molar-refractivity contribution >= 4 is 20.7 Å². The van der Waals surface area contributed by atoms with Crippen molar-refractivity contribution in [2.75, 3.05) is 5.75 Å². The van der Waals surface area contributed by atoms with Crippen LogP contribution in [0.4, 0.5) is 13.2 Å². The Morgan fingerprint density at radius 2 is 1.84 bits per heavy atom. The van der Waals surface area contributed by atoms with E-state index in [0.717, 1.165) is 22.2 Å². The fourth-order valence-corrected chi connectivity index (χ4v) is 3.43. The van der Waals surface area contributed by atoms with Gasteiger partial charge in [0.05, 0.1) is 11.4 Å². The van der Waals surface area contributed by atoms with Gasteiger partial charge in [0.25, 0.3) is 0 Å². The van der Waals surface area contributed by atoms with Crippen LogP contribution in [0.15, 0.2) is 48.8 Å². The van der Waals surface area contributed by atoms with E-state index < -0.39 is 21.1 Å². The molecule has 0 atom stereocenters. The molecule has 1 aromatic carbocycles. The summed E-state index contributed by atoms with van der Waals surface area (Å²) in [6, 6.07) is 11.4. The molecule has 0 aliphatic carbocycles. The third kappa shape index (κ3) is 3.39. The number of aromatic nitrogens is 2. The first kappa shape index (κ1) is 17.5.